The third kappa shape index (κ3) is 1.46. The Morgan fingerprint density at radius 1 is 1.20 bits per heavy atom. The van der Waals surface area contributed by atoms with E-state index < -0.39 is 0 Å². The molecule has 0 aromatic heterocycles. The highest BCUT2D eigenvalue weighted by Gasteiger charge is 2.25. The van der Waals surface area contributed by atoms with Crippen LogP contribution < -0.4 is 0 Å². The number of rotatable bonds is 1. The Bertz CT molecular complexity index is 498. The van der Waals surface area contributed by atoms with Gasteiger partial charge in [-0.25, -0.2) is 0 Å². The van der Waals surface area contributed by atoms with Gasteiger partial charge in [0.1, 0.15) is 6.26 Å². The quantitative estimate of drug-likeness (QED) is 0.537. The van der Waals surface area contributed by atoms with Crippen LogP contribution in [0.2, 0.25) is 0 Å². The van der Waals surface area contributed by atoms with Crippen LogP contribution in [-0.2, 0) is 4.18 Å². The van der Waals surface area contributed by atoms with Gasteiger partial charge in [0.2, 0.25) is 0 Å². The topological polar surface area (TPSA) is 9.23 Å². The molecule has 76 valence electrons. The molecule has 2 aliphatic heterocycles. The minimum absolute atomic E-state index is 0.0804. The highest BCUT2D eigenvalue weighted by Crippen LogP contribution is 2.50. The second kappa shape index (κ2) is 3.58. The van der Waals surface area contributed by atoms with Crippen LogP contribution in [-0.4, -0.2) is 4.86 Å². The number of hydrogen-bond donors (Lipinski definition) is 0. The number of allylic oxidation sites excluding steroid dienone is 2. The van der Waals surface area contributed by atoms with Crippen molar-refractivity contribution in [1.29, 1.82) is 0 Å². The molecule has 2 heterocycles. The normalized spacial score (nSPS) is 23.3. The Morgan fingerprint density at radius 2 is 2.00 bits per heavy atom. The van der Waals surface area contributed by atoms with Crippen molar-refractivity contribution in [2.75, 3.05) is 0 Å². The van der Waals surface area contributed by atoms with E-state index in [2.05, 4.69) is 36.6 Å². The molecule has 0 saturated carbocycles. The van der Waals surface area contributed by atoms with Crippen LogP contribution in [0.15, 0.2) is 47.6 Å². The predicted molar refractivity (Wildman–Crippen MR) is 69.5 cm³/mol. The van der Waals surface area contributed by atoms with Gasteiger partial charge in [-0.05, 0) is 34.3 Å². The number of hydrogen-bond acceptors (Lipinski definition) is 2. The molecule has 0 amide bonds. The largest absolute Gasteiger partial charge is 0.430 e. The first-order valence-corrected chi connectivity index (χ1v) is 7.29. The van der Waals surface area contributed by atoms with Crippen molar-refractivity contribution >= 4 is 31.0 Å². The third-order valence-corrected chi connectivity index (χ3v) is 5.74. The van der Waals surface area contributed by atoms with E-state index in [1.165, 1.54) is 21.6 Å². The average molecular weight is 234 g/mol. The van der Waals surface area contributed by atoms with Crippen molar-refractivity contribution in [3.05, 3.63) is 53.1 Å². The summed E-state index contributed by atoms with van der Waals surface area (Å²) in [4.78, 5) is 1.37. The first kappa shape index (κ1) is 9.31. The van der Waals surface area contributed by atoms with Gasteiger partial charge in [0.15, 0.2) is 0 Å². The number of benzene rings is 1. The van der Waals surface area contributed by atoms with Crippen LogP contribution >= 0.6 is 20.6 Å². The zero-order valence-electron chi connectivity index (χ0n) is 8.27. The molecule has 0 radical (unpaired) electrons. The Morgan fingerprint density at radius 3 is 2.80 bits per heavy atom. The van der Waals surface area contributed by atoms with Crippen molar-refractivity contribution in [2.24, 2.45) is 0 Å². The van der Waals surface area contributed by atoms with Gasteiger partial charge in [-0.1, -0.05) is 30.3 Å². The summed E-state index contributed by atoms with van der Waals surface area (Å²) in [5.74, 6) is 0. The molecule has 1 atom stereocenters. The SMILES string of the molecule is CC1=CSS2=C1C(c1ccccc1)=CO2. The van der Waals surface area contributed by atoms with E-state index in [1.54, 1.807) is 10.8 Å². The molecular weight excluding hydrogens is 224 g/mol. The Labute approximate surface area is 95.4 Å². The lowest BCUT2D eigenvalue weighted by Gasteiger charge is -2.04. The Hall–Kier alpha value is -0.930. The van der Waals surface area contributed by atoms with Crippen LogP contribution in [0.5, 0.6) is 0 Å². The fourth-order valence-electron chi connectivity index (χ4n) is 1.68. The van der Waals surface area contributed by atoms with Crippen molar-refractivity contribution < 1.29 is 4.18 Å². The summed E-state index contributed by atoms with van der Waals surface area (Å²) in [6, 6.07) is 10.4. The molecule has 3 heteroatoms. The van der Waals surface area contributed by atoms with Crippen molar-refractivity contribution in [1.82, 2.24) is 0 Å². The van der Waals surface area contributed by atoms with Crippen LogP contribution in [0.1, 0.15) is 12.5 Å². The molecule has 0 aliphatic carbocycles. The molecule has 1 aromatic carbocycles. The molecular formula is C12H10OS2. The predicted octanol–water partition coefficient (Wildman–Crippen LogP) is 3.98. The zero-order valence-corrected chi connectivity index (χ0v) is 9.90. The van der Waals surface area contributed by atoms with Gasteiger partial charge < -0.3 is 4.18 Å². The van der Waals surface area contributed by atoms with Crippen molar-refractivity contribution in [3.63, 3.8) is 0 Å². The van der Waals surface area contributed by atoms with E-state index in [9.17, 15) is 0 Å². The van der Waals surface area contributed by atoms with Gasteiger partial charge in [-0.3, -0.25) is 0 Å². The first-order chi connectivity index (χ1) is 7.36. The summed E-state index contributed by atoms with van der Waals surface area (Å²) in [6.07, 6.45) is 1.90. The summed E-state index contributed by atoms with van der Waals surface area (Å²) >= 11 is 0. The summed E-state index contributed by atoms with van der Waals surface area (Å²) < 4.78 is 5.65. The molecule has 0 fully saturated rings. The highest BCUT2D eigenvalue weighted by molar-refractivity contribution is 8.84. The molecule has 0 N–H and O–H groups in total. The summed E-state index contributed by atoms with van der Waals surface area (Å²) in [5, 5.41) is 2.19. The Kier molecular flexibility index (Phi) is 2.22. The van der Waals surface area contributed by atoms with E-state index in [4.69, 9.17) is 4.18 Å². The van der Waals surface area contributed by atoms with Crippen LogP contribution in [0, 0.1) is 0 Å². The van der Waals surface area contributed by atoms with Gasteiger partial charge in [0.05, 0.1) is 14.7 Å². The zero-order chi connectivity index (χ0) is 10.3. The lowest BCUT2D eigenvalue weighted by molar-refractivity contribution is 0.580. The van der Waals surface area contributed by atoms with E-state index in [0.717, 1.165) is 0 Å². The molecule has 0 saturated heterocycles. The second-order valence-corrected chi connectivity index (χ2v) is 6.44. The minimum atomic E-state index is -0.0804. The van der Waals surface area contributed by atoms with Crippen molar-refractivity contribution in [2.45, 2.75) is 6.92 Å². The van der Waals surface area contributed by atoms with Crippen LogP contribution in [0.25, 0.3) is 5.57 Å². The maximum Gasteiger partial charge on any atom is 0.110 e. The first-order valence-electron chi connectivity index (χ1n) is 4.75. The molecule has 3 rings (SSSR count). The van der Waals surface area contributed by atoms with Crippen LogP contribution in [0.4, 0.5) is 0 Å². The van der Waals surface area contributed by atoms with Gasteiger partial charge >= 0.3 is 0 Å². The van der Waals surface area contributed by atoms with E-state index in [0.29, 0.717) is 0 Å². The fourth-order valence-corrected chi connectivity index (χ4v) is 5.10. The van der Waals surface area contributed by atoms with E-state index in [-0.39, 0.29) is 9.80 Å². The van der Waals surface area contributed by atoms with E-state index in [1.807, 2.05) is 12.3 Å². The van der Waals surface area contributed by atoms with Crippen molar-refractivity contribution in [3.8, 4) is 0 Å². The summed E-state index contributed by atoms with van der Waals surface area (Å²) in [7, 11) is 1.69. The smallest absolute Gasteiger partial charge is 0.110 e. The molecule has 2 aliphatic rings. The molecule has 1 aromatic rings. The molecule has 15 heavy (non-hydrogen) atoms. The average Bonchev–Trinajstić information content (AvgIpc) is 2.84. The lowest BCUT2D eigenvalue weighted by atomic mass is 10.0. The second-order valence-electron chi connectivity index (χ2n) is 3.45. The maximum absolute atomic E-state index is 5.65. The van der Waals surface area contributed by atoms with Gasteiger partial charge in [-0.15, -0.1) is 0 Å². The molecule has 0 bridgehead atoms. The van der Waals surface area contributed by atoms with Gasteiger partial charge in [0, 0.05) is 5.57 Å². The van der Waals surface area contributed by atoms with Gasteiger partial charge in [-0.2, -0.15) is 0 Å². The fraction of sp³-hybridized carbons (Fsp3) is 0.0833. The maximum atomic E-state index is 5.65. The molecule has 0 spiro atoms. The van der Waals surface area contributed by atoms with E-state index >= 15 is 0 Å². The molecule has 1 unspecified atom stereocenters. The minimum Gasteiger partial charge on any atom is -0.430 e. The van der Waals surface area contributed by atoms with Crippen LogP contribution in [0.3, 0.4) is 0 Å². The molecule has 1 nitrogen and oxygen atoms in total. The summed E-state index contributed by atoms with van der Waals surface area (Å²) in [6.45, 7) is 2.15. The van der Waals surface area contributed by atoms with Gasteiger partial charge in [0.25, 0.3) is 0 Å². The monoisotopic (exact) mass is 234 g/mol. The Balaban J connectivity index is 2.07. The lowest BCUT2D eigenvalue weighted by Crippen LogP contribution is -1.97. The summed E-state index contributed by atoms with van der Waals surface area (Å²) in [5.41, 5.74) is 3.84. The third-order valence-electron chi connectivity index (χ3n) is 2.42. The highest BCUT2D eigenvalue weighted by atomic mass is 33.1. The standard InChI is InChI=1S/C12H10OS2/c1-9-8-14-15-12(9)11(7-13-15)10-5-3-2-4-6-10/h2-8H,1H3.